The zero-order chi connectivity index (χ0) is 17.2. The first-order chi connectivity index (χ1) is 10.7. The highest BCUT2D eigenvalue weighted by Gasteiger charge is 2.33. The quantitative estimate of drug-likeness (QED) is 0.846. The third-order valence-electron chi connectivity index (χ3n) is 3.35. The van der Waals surface area contributed by atoms with Crippen molar-refractivity contribution in [1.29, 1.82) is 0 Å². The minimum atomic E-state index is -4.51. The van der Waals surface area contributed by atoms with Gasteiger partial charge in [0.15, 0.2) is 0 Å². The standard InChI is InChI=1S/C15H15BrF3N3O/c1-9-14(16)10(2)22(21-9)8-7-13(23)20-12-6-4-3-5-11(12)15(17,18)19/h3-6H,7-8H2,1-2H3,(H,20,23). The van der Waals surface area contributed by atoms with Crippen LogP contribution >= 0.6 is 15.9 Å². The second-order valence-electron chi connectivity index (χ2n) is 5.05. The van der Waals surface area contributed by atoms with E-state index >= 15 is 0 Å². The van der Waals surface area contributed by atoms with Crippen LogP contribution in [0.5, 0.6) is 0 Å². The highest BCUT2D eigenvalue weighted by molar-refractivity contribution is 9.10. The average Bonchev–Trinajstić information content (AvgIpc) is 2.72. The van der Waals surface area contributed by atoms with Crippen LogP contribution in [0.25, 0.3) is 0 Å². The zero-order valence-corrected chi connectivity index (χ0v) is 14.1. The van der Waals surface area contributed by atoms with Gasteiger partial charge < -0.3 is 5.32 Å². The summed E-state index contributed by atoms with van der Waals surface area (Å²) in [5.41, 5.74) is 0.568. The molecule has 1 amide bonds. The molecule has 1 N–H and O–H groups in total. The summed E-state index contributed by atoms with van der Waals surface area (Å²) in [5.74, 6) is -0.495. The lowest BCUT2D eigenvalue weighted by molar-refractivity contribution is -0.137. The number of hydrogen-bond acceptors (Lipinski definition) is 2. The predicted molar refractivity (Wildman–Crippen MR) is 84.1 cm³/mol. The number of benzene rings is 1. The Morgan fingerprint density at radius 1 is 1.30 bits per heavy atom. The molecule has 1 aromatic carbocycles. The van der Waals surface area contributed by atoms with Crippen LogP contribution in [0.3, 0.4) is 0 Å². The van der Waals surface area contributed by atoms with Crippen LogP contribution in [0.4, 0.5) is 18.9 Å². The zero-order valence-electron chi connectivity index (χ0n) is 12.5. The van der Waals surface area contributed by atoms with E-state index in [1.165, 1.54) is 18.2 Å². The number of alkyl halides is 3. The molecule has 1 aromatic heterocycles. The first-order valence-electron chi connectivity index (χ1n) is 6.85. The van der Waals surface area contributed by atoms with Crippen LogP contribution in [0, 0.1) is 13.8 Å². The third kappa shape index (κ3) is 4.13. The molecule has 2 aromatic rings. The monoisotopic (exact) mass is 389 g/mol. The molecule has 0 saturated carbocycles. The van der Waals surface area contributed by atoms with Gasteiger partial charge in [0.05, 0.1) is 28.0 Å². The maximum absolute atomic E-state index is 12.9. The summed E-state index contributed by atoms with van der Waals surface area (Å²) < 4.78 is 41.1. The highest BCUT2D eigenvalue weighted by Crippen LogP contribution is 2.34. The molecule has 0 aliphatic heterocycles. The number of amides is 1. The Kier molecular flexibility index (Phi) is 5.13. The maximum Gasteiger partial charge on any atom is 0.418 e. The lowest BCUT2D eigenvalue weighted by atomic mass is 10.1. The fraction of sp³-hybridized carbons (Fsp3) is 0.333. The number of hydrogen-bond donors (Lipinski definition) is 1. The number of aryl methyl sites for hydroxylation is 2. The van der Waals surface area contributed by atoms with E-state index in [1.54, 1.807) is 4.68 Å². The number of rotatable bonds is 4. The Balaban J connectivity index is 2.05. The maximum atomic E-state index is 12.9. The number of para-hydroxylation sites is 1. The molecular weight excluding hydrogens is 375 g/mol. The lowest BCUT2D eigenvalue weighted by Gasteiger charge is -2.13. The molecule has 23 heavy (non-hydrogen) atoms. The summed E-state index contributed by atoms with van der Waals surface area (Å²) in [4.78, 5) is 11.9. The second kappa shape index (κ2) is 6.74. The van der Waals surface area contributed by atoms with E-state index in [-0.39, 0.29) is 18.7 Å². The van der Waals surface area contributed by atoms with Gasteiger partial charge in [0.1, 0.15) is 0 Å². The Morgan fingerprint density at radius 2 is 1.96 bits per heavy atom. The summed E-state index contributed by atoms with van der Waals surface area (Å²) in [5, 5.41) is 6.57. The normalized spacial score (nSPS) is 11.6. The third-order valence-corrected chi connectivity index (χ3v) is 4.50. The van der Waals surface area contributed by atoms with Gasteiger partial charge in [0.25, 0.3) is 0 Å². The van der Waals surface area contributed by atoms with Crippen LogP contribution in [0.15, 0.2) is 28.7 Å². The fourth-order valence-electron chi connectivity index (χ4n) is 2.15. The van der Waals surface area contributed by atoms with Crippen molar-refractivity contribution in [3.8, 4) is 0 Å². The highest BCUT2D eigenvalue weighted by atomic mass is 79.9. The molecule has 8 heteroatoms. The van der Waals surface area contributed by atoms with E-state index in [4.69, 9.17) is 0 Å². The summed E-state index contributed by atoms with van der Waals surface area (Å²) in [6.45, 7) is 3.96. The van der Waals surface area contributed by atoms with Gasteiger partial charge in [-0.1, -0.05) is 12.1 Å². The number of anilines is 1. The SMILES string of the molecule is Cc1nn(CCC(=O)Nc2ccccc2C(F)(F)F)c(C)c1Br. The topological polar surface area (TPSA) is 46.9 Å². The molecule has 0 aliphatic rings. The van der Waals surface area contributed by atoms with Gasteiger partial charge in [-0.3, -0.25) is 9.48 Å². The van der Waals surface area contributed by atoms with Crippen molar-refractivity contribution < 1.29 is 18.0 Å². The minimum Gasteiger partial charge on any atom is -0.325 e. The number of nitrogens with one attached hydrogen (secondary N) is 1. The van der Waals surface area contributed by atoms with Gasteiger partial charge >= 0.3 is 6.18 Å². The Morgan fingerprint density at radius 3 is 2.52 bits per heavy atom. The first-order valence-corrected chi connectivity index (χ1v) is 7.65. The number of aromatic nitrogens is 2. The molecular formula is C15H15BrF3N3O. The molecule has 0 fully saturated rings. The molecule has 0 spiro atoms. The fourth-order valence-corrected chi connectivity index (χ4v) is 2.44. The van der Waals surface area contributed by atoms with Crippen LogP contribution in [-0.4, -0.2) is 15.7 Å². The summed E-state index contributed by atoms with van der Waals surface area (Å²) in [6, 6.07) is 4.91. The number of nitrogens with zero attached hydrogens (tertiary/aromatic N) is 2. The molecule has 0 atom stereocenters. The summed E-state index contributed by atoms with van der Waals surface area (Å²) in [7, 11) is 0. The second-order valence-corrected chi connectivity index (χ2v) is 5.84. The van der Waals surface area contributed by atoms with Gasteiger partial charge in [-0.15, -0.1) is 0 Å². The average molecular weight is 390 g/mol. The van der Waals surface area contributed by atoms with E-state index in [0.717, 1.165) is 21.9 Å². The van der Waals surface area contributed by atoms with E-state index < -0.39 is 17.6 Å². The molecule has 124 valence electrons. The Labute approximate surface area is 139 Å². The number of halogens is 4. The van der Waals surface area contributed by atoms with Gasteiger partial charge in [-0.2, -0.15) is 18.3 Å². The first kappa shape index (κ1) is 17.5. The Bertz CT molecular complexity index is 725. The van der Waals surface area contributed by atoms with Crippen LogP contribution in [0.1, 0.15) is 23.4 Å². The molecule has 0 saturated heterocycles. The number of carbonyl (C=O) groups is 1. The molecule has 1 heterocycles. The smallest absolute Gasteiger partial charge is 0.325 e. The van der Waals surface area contributed by atoms with E-state index in [1.807, 2.05) is 13.8 Å². The van der Waals surface area contributed by atoms with Gasteiger partial charge in [0.2, 0.25) is 5.91 Å². The summed E-state index contributed by atoms with van der Waals surface area (Å²) >= 11 is 3.38. The predicted octanol–water partition coefficient (Wildman–Crippen LogP) is 4.31. The van der Waals surface area contributed by atoms with Crippen molar-refractivity contribution in [3.05, 3.63) is 45.7 Å². The molecule has 0 bridgehead atoms. The van der Waals surface area contributed by atoms with Crippen molar-refractivity contribution >= 4 is 27.5 Å². The number of carbonyl (C=O) groups excluding carboxylic acids is 1. The van der Waals surface area contributed by atoms with Crippen LogP contribution < -0.4 is 5.32 Å². The van der Waals surface area contributed by atoms with Crippen molar-refractivity contribution in [2.24, 2.45) is 0 Å². The van der Waals surface area contributed by atoms with Crippen molar-refractivity contribution in [1.82, 2.24) is 9.78 Å². The molecule has 0 radical (unpaired) electrons. The Hall–Kier alpha value is -1.83. The lowest BCUT2D eigenvalue weighted by Crippen LogP contribution is -2.18. The van der Waals surface area contributed by atoms with Crippen molar-refractivity contribution in [2.75, 3.05) is 5.32 Å². The summed E-state index contributed by atoms with van der Waals surface area (Å²) in [6.07, 6.45) is -4.48. The molecule has 0 unspecified atom stereocenters. The van der Waals surface area contributed by atoms with Crippen LogP contribution in [0.2, 0.25) is 0 Å². The van der Waals surface area contributed by atoms with E-state index in [0.29, 0.717) is 0 Å². The van der Waals surface area contributed by atoms with Crippen LogP contribution in [-0.2, 0) is 17.5 Å². The van der Waals surface area contributed by atoms with E-state index in [2.05, 4.69) is 26.3 Å². The molecule has 2 rings (SSSR count). The minimum absolute atomic E-state index is 0.0284. The van der Waals surface area contributed by atoms with Crippen molar-refractivity contribution in [2.45, 2.75) is 33.0 Å². The van der Waals surface area contributed by atoms with Crippen molar-refractivity contribution in [3.63, 3.8) is 0 Å². The van der Waals surface area contributed by atoms with Gasteiger partial charge in [-0.05, 0) is 41.9 Å². The largest absolute Gasteiger partial charge is 0.418 e. The molecule has 0 aliphatic carbocycles. The molecule has 4 nitrogen and oxygen atoms in total. The van der Waals surface area contributed by atoms with Gasteiger partial charge in [-0.25, -0.2) is 0 Å². The van der Waals surface area contributed by atoms with E-state index in [9.17, 15) is 18.0 Å². The van der Waals surface area contributed by atoms with Gasteiger partial charge in [0, 0.05) is 12.1 Å².